The highest BCUT2D eigenvalue weighted by Gasteiger charge is 2.15. The summed E-state index contributed by atoms with van der Waals surface area (Å²) < 4.78 is 0. The number of fused-ring (bicyclic) bond motifs is 1. The van der Waals surface area contributed by atoms with E-state index in [0.717, 1.165) is 22.2 Å². The molecule has 116 valence electrons. The number of carbonyl (C=O) groups is 1. The quantitative estimate of drug-likeness (QED) is 0.740. The van der Waals surface area contributed by atoms with Gasteiger partial charge in [0.1, 0.15) is 0 Å². The highest BCUT2D eigenvalue weighted by Crippen LogP contribution is 2.23. The number of hydrogen-bond acceptors (Lipinski definition) is 3. The van der Waals surface area contributed by atoms with Gasteiger partial charge in [-0.1, -0.05) is 42.5 Å². The predicted octanol–water partition coefficient (Wildman–Crippen LogP) is 3.84. The van der Waals surface area contributed by atoms with Gasteiger partial charge in [0.05, 0.1) is 11.1 Å². The number of benzene rings is 2. The van der Waals surface area contributed by atoms with Gasteiger partial charge in [-0.2, -0.15) is 0 Å². The summed E-state index contributed by atoms with van der Waals surface area (Å²) in [6.45, 7) is 0.674. The maximum atomic E-state index is 12.8. The molecule has 0 bridgehead atoms. The van der Waals surface area contributed by atoms with Crippen LogP contribution in [0.5, 0.6) is 0 Å². The maximum Gasteiger partial charge on any atom is 0.254 e. The van der Waals surface area contributed by atoms with Crippen molar-refractivity contribution in [3.8, 4) is 0 Å². The van der Waals surface area contributed by atoms with Gasteiger partial charge < -0.3 is 4.90 Å². The molecule has 2 aromatic carbocycles. The van der Waals surface area contributed by atoms with Crippen LogP contribution in [-0.2, 0) is 6.42 Å². The summed E-state index contributed by atoms with van der Waals surface area (Å²) in [6, 6.07) is 17.6. The van der Waals surface area contributed by atoms with Crippen LogP contribution in [0.4, 0.5) is 0 Å². The summed E-state index contributed by atoms with van der Waals surface area (Å²) in [5.41, 5.74) is 2.66. The van der Waals surface area contributed by atoms with Crippen LogP contribution in [0.1, 0.15) is 15.9 Å². The van der Waals surface area contributed by atoms with Crippen molar-refractivity contribution in [1.29, 1.82) is 0 Å². The molecule has 3 nitrogen and oxygen atoms in total. The highest BCUT2D eigenvalue weighted by molar-refractivity contribution is 7.80. The third-order valence-corrected chi connectivity index (χ3v) is 4.27. The highest BCUT2D eigenvalue weighted by atomic mass is 32.1. The molecule has 3 aromatic rings. The molecule has 0 unspecified atom stereocenters. The number of pyridine rings is 1. The summed E-state index contributed by atoms with van der Waals surface area (Å²) >= 11 is 4.42. The van der Waals surface area contributed by atoms with Gasteiger partial charge in [-0.3, -0.25) is 9.78 Å². The van der Waals surface area contributed by atoms with Crippen molar-refractivity contribution >= 4 is 29.4 Å². The van der Waals surface area contributed by atoms with E-state index in [4.69, 9.17) is 0 Å². The average Bonchev–Trinajstić information content (AvgIpc) is 2.60. The van der Waals surface area contributed by atoms with Gasteiger partial charge in [-0.15, -0.1) is 12.6 Å². The molecular formula is C19H18N2OS. The number of rotatable bonds is 4. The summed E-state index contributed by atoms with van der Waals surface area (Å²) in [5.74, 6) is 0.00673. The molecule has 0 fully saturated rings. The molecule has 0 aliphatic rings. The van der Waals surface area contributed by atoms with Gasteiger partial charge in [-0.05, 0) is 24.1 Å². The van der Waals surface area contributed by atoms with Crippen LogP contribution in [0.15, 0.2) is 65.7 Å². The minimum Gasteiger partial charge on any atom is -0.341 e. The molecule has 0 spiro atoms. The number of aromatic nitrogens is 1. The third-order valence-electron chi connectivity index (χ3n) is 3.91. The van der Waals surface area contributed by atoms with Gasteiger partial charge in [0.25, 0.3) is 5.91 Å². The van der Waals surface area contributed by atoms with E-state index in [0.29, 0.717) is 12.1 Å². The van der Waals surface area contributed by atoms with Gasteiger partial charge in [-0.25, -0.2) is 0 Å². The number of para-hydroxylation sites is 1. The predicted molar refractivity (Wildman–Crippen MR) is 96.1 cm³/mol. The van der Waals surface area contributed by atoms with Gasteiger partial charge in [0.15, 0.2) is 0 Å². The number of likely N-dealkylation sites (N-methyl/N-ethyl adjacent to an activating group) is 1. The molecule has 0 aliphatic carbocycles. The number of carbonyl (C=O) groups excluding carboxylic acids is 1. The van der Waals surface area contributed by atoms with Crippen LogP contribution in [0.25, 0.3) is 10.9 Å². The fraction of sp³-hybridized carbons (Fsp3) is 0.158. The van der Waals surface area contributed by atoms with Crippen LogP contribution in [0, 0.1) is 0 Å². The lowest BCUT2D eigenvalue weighted by Gasteiger charge is -2.18. The monoisotopic (exact) mass is 322 g/mol. The van der Waals surface area contributed by atoms with E-state index < -0.39 is 0 Å². The van der Waals surface area contributed by atoms with Gasteiger partial charge in [0.2, 0.25) is 0 Å². The molecule has 0 N–H and O–H groups in total. The van der Waals surface area contributed by atoms with E-state index in [-0.39, 0.29) is 5.91 Å². The molecule has 4 heteroatoms. The Morgan fingerprint density at radius 3 is 2.65 bits per heavy atom. The third kappa shape index (κ3) is 3.37. The first kappa shape index (κ1) is 15.6. The summed E-state index contributed by atoms with van der Waals surface area (Å²) in [7, 11) is 1.84. The molecule has 0 atom stereocenters. The molecular weight excluding hydrogens is 304 g/mol. The molecule has 1 heterocycles. The van der Waals surface area contributed by atoms with Crippen LogP contribution >= 0.6 is 12.6 Å². The van der Waals surface area contributed by atoms with Crippen molar-refractivity contribution < 1.29 is 4.79 Å². The van der Waals surface area contributed by atoms with E-state index in [1.54, 1.807) is 17.2 Å². The Morgan fingerprint density at radius 2 is 1.87 bits per heavy atom. The minimum absolute atomic E-state index is 0.00673. The fourth-order valence-corrected chi connectivity index (χ4v) is 2.86. The van der Waals surface area contributed by atoms with Crippen molar-refractivity contribution in [2.24, 2.45) is 0 Å². The molecule has 1 aromatic heterocycles. The van der Waals surface area contributed by atoms with Crippen LogP contribution in [0.2, 0.25) is 0 Å². The standard InChI is InChI=1S/C19H18N2OS/c1-21(13-11-14-6-3-2-4-7-14)19(22)16-10-12-20-18-15(16)8-5-9-17(18)23/h2-10,12,23H,11,13H2,1H3. The van der Waals surface area contributed by atoms with Gasteiger partial charge >= 0.3 is 0 Å². The Bertz CT molecular complexity index is 833. The lowest BCUT2D eigenvalue weighted by atomic mass is 10.1. The molecule has 0 radical (unpaired) electrons. The number of thiol groups is 1. The second kappa shape index (κ2) is 6.84. The van der Waals surface area contributed by atoms with E-state index >= 15 is 0 Å². The molecule has 3 rings (SSSR count). The molecule has 0 saturated heterocycles. The first-order valence-corrected chi connectivity index (χ1v) is 7.97. The van der Waals surface area contributed by atoms with E-state index in [9.17, 15) is 4.79 Å². The van der Waals surface area contributed by atoms with Crippen molar-refractivity contribution in [1.82, 2.24) is 9.88 Å². The summed E-state index contributed by atoms with van der Waals surface area (Å²) in [4.78, 5) is 19.6. The van der Waals surface area contributed by atoms with Crippen molar-refractivity contribution in [2.75, 3.05) is 13.6 Å². The lowest BCUT2D eigenvalue weighted by molar-refractivity contribution is 0.0798. The van der Waals surface area contributed by atoms with Crippen molar-refractivity contribution in [2.45, 2.75) is 11.3 Å². The second-order valence-corrected chi connectivity index (χ2v) is 5.98. The zero-order chi connectivity index (χ0) is 16.2. The van der Waals surface area contributed by atoms with Crippen LogP contribution in [0.3, 0.4) is 0 Å². The van der Waals surface area contributed by atoms with Gasteiger partial charge in [0, 0.05) is 30.1 Å². The van der Waals surface area contributed by atoms with E-state index in [1.165, 1.54) is 5.56 Å². The van der Waals surface area contributed by atoms with Crippen LogP contribution in [-0.4, -0.2) is 29.4 Å². The van der Waals surface area contributed by atoms with Crippen molar-refractivity contribution in [3.63, 3.8) is 0 Å². The Hall–Kier alpha value is -2.33. The van der Waals surface area contributed by atoms with Crippen LogP contribution < -0.4 is 0 Å². The first-order valence-electron chi connectivity index (χ1n) is 7.53. The SMILES string of the molecule is CN(CCc1ccccc1)C(=O)c1ccnc2c(S)cccc12. The fourth-order valence-electron chi connectivity index (χ4n) is 2.60. The Morgan fingerprint density at radius 1 is 1.09 bits per heavy atom. The average molecular weight is 322 g/mol. The molecule has 0 aliphatic heterocycles. The van der Waals surface area contributed by atoms with E-state index in [1.807, 2.05) is 43.4 Å². The number of nitrogens with zero attached hydrogens (tertiary/aromatic N) is 2. The zero-order valence-electron chi connectivity index (χ0n) is 12.9. The van der Waals surface area contributed by atoms with E-state index in [2.05, 4.69) is 29.7 Å². The Labute approximate surface area is 141 Å². The zero-order valence-corrected chi connectivity index (χ0v) is 13.8. The molecule has 23 heavy (non-hydrogen) atoms. The number of hydrogen-bond donors (Lipinski definition) is 1. The van der Waals surface area contributed by atoms with Crippen molar-refractivity contribution in [3.05, 3.63) is 71.9 Å². The minimum atomic E-state index is 0.00673. The Kier molecular flexibility index (Phi) is 4.63. The first-order chi connectivity index (χ1) is 11.2. The molecule has 0 saturated carbocycles. The normalized spacial score (nSPS) is 10.7. The smallest absolute Gasteiger partial charge is 0.254 e. The topological polar surface area (TPSA) is 33.2 Å². The summed E-state index contributed by atoms with van der Waals surface area (Å²) in [6.07, 6.45) is 2.50. The number of amides is 1. The lowest BCUT2D eigenvalue weighted by Crippen LogP contribution is -2.29. The Balaban J connectivity index is 1.81. The maximum absolute atomic E-state index is 12.8. The second-order valence-electron chi connectivity index (χ2n) is 5.49. The largest absolute Gasteiger partial charge is 0.341 e. The summed E-state index contributed by atoms with van der Waals surface area (Å²) in [5, 5.41) is 0.844. The molecule has 1 amide bonds.